The SMILES string of the molecule is C/C(C/C(=N/NC(N)=O)c1ccc(Cl)cc1)=N\NC(N)=O. The van der Waals surface area contributed by atoms with Crippen molar-refractivity contribution >= 4 is 35.1 Å². The molecular weight excluding hydrogens is 296 g/mol. The maximum Gasteiger partial charge on any atom is 0.332 e. The molecule has 8 nitrogen and oxygen atoms in total. The summed E-state index contributed by atoms with van der Waals surface area (Å²) < 4.78 is 0. The molecule has 1 aromatic rings. The number of urea groups is 2. The van der Waals surface area contributed by atoms with Crippen LogP contribution >= 0.6 is 11.6 Å². The van der Waals surface area contributed by atoms with Gasteiger partial charge in [-0.25, -0.2) is 20.4 Å². The van der Waals surface area contributed by atoms with Gasteiger partial charge in [-0.05, 0) is 24.6 Å². The Hall–Kier alpha value is -2.61. The van der Waals surface area contributed by atoms with Crippen LogP contribution < -0.4 is 22.3 Å². The molecule has 1 aromatic carbocycles. The zero-order valence-electron chi connectivity index (χ0n) is 11.3. The fourth-order valence-corrected chi connectivity index (χ4v) is 1.53. The monoisotopic (exact) mass is 310 g/mol. The molecule has 0 saturated carbocycles. The van der Waals surface area contributed by atoms with E-state index in [4.69, 9.17) is 23.1 Å². The van der Waals surface area contributed by atoms with Crippen molar-refractivity contribution in [1.29, 1.82) is 0 Å². The van der Waals surface area contributed by atoms with Gasteiger partial charge in [0, 0.05) is 17.2 Å². The van der Waals surface area contributed by atoms with Crippen LogP contribution in [0.2, 0.25) is 5.02 Å². The van der Waals surface area contributed by atoms with Crippen LogP contribution in [-0.4, -0.2) is 23.5 Å². The molecule has 0 aliphatic heterocycles. The van der Waals surface area contributed by atoms with Crippen molar-refractivity contribution in [3.8, 4) is 0 Å². The predicted octanol–water partition coefficient (Wildman–Crippen LogP) is 1.15. The predicted molar refractivity (Wildman–Crippen MR) is 81.2 cm³/mol. The third-order valence-corrected chi connectivity index (χ3v) is 2.51. The first kappa shape index (κ1) is 16.4. The van der Waals surface area contributed by atoms with Crippen LogP contribution in [0.3, 0.4) is 0 Å². The van der Waals surface area contributed by atoms with Crippen LogP contribution in [-0.2, 0) is 0 Å². The topological polar surface area (TPSA) is 135 Å². The lowest BCUT2D eigenvalue weighted by molar-refractivity contribution is 0.248. The molecule has 112 valence electrons. The molecule has 0 bridgehead atoms. The Balaban J connectivity index is 2.95. The summed E-state index contributed by atoms with van der Waals surface area (Å²) in [7, 11) is 0. The van der Waals surface area contributed by atoms with Gasteiger partial charge in [-0.15, -0.1) is 0 Å². The van der Waals surface area contributed by atoms with E-state index in [0.29, 0.717) is 16.4 Å². The second-order valence-electron chi connectivity index (χ2n) is 4.04. The molecule has 1 rings (SSSR count). The van der Waals surface area contributed by atoms with Crippen LogP contribution in [0.15, 0.2) is 34.5 Å². The summed E-state index contributed by atoms with van der Waals surface area (Å²) in [5.41, 5.74) is 15.9. The Bertz CT molecular complexity index is 582. The molecule has 6 N–H and O–H groups in total. The summed E-state index contributed by atoms with van der Waals surface area (Å²) in [6.45, 7) is 1.67. The van der Waals surface area contributed by atoms with Crippen LogP contribution in [0.4, 0.5) is 9.59 Å². The van der Waals surface area contributed by atoms with Gasteiger partial charge >= 0.3 is 12.1 Å². The maximum atomic E-state index is 10.8. The molecule has 0 aliphatic carbocycles. The quantitative estimate of drug-likeness (QED) is 0.479. The Morgan fingerprint density at radius 3 is 2.14 bits per heavy atom. The molecular formula is C12H15ClN6O2. The first-order valence-corrected chi connectivity index (χ1v) is 6.23. The molecule has 0 radical (unpaired) electrons. The van der Waals surface area contributed by atoms with E-state index in [-0.39, 0.29) is 6.42 Å². The number of hydrogen-bond acceptors (Lipinski definition) is 4. The highest BCUT2D eigenvalue weighted by molar-refractivity contribution is 6.30. The zero-order chi connectivity index (χ0) is 15.8. The van der Waals surface area contributed by atoms with Gasteiger partial charge in [0.1, 0.15) is 0 Å². The van der Waals surface area contributed by atoms with Crippen molar-refractivity contribution in [3.05, 3.63) is 34.9 Å². The van der Waals surface area contributed by atoms with Crippen molar-refractivity contribution in [2.45, 2.75) is 13.3 Å². The van der Waals surface area contributed by atoms with E-state index in [1.54, 1.807) is 31.2 Å². The normalized spacial score (nSPS) is 11.9. The van der Waals surface area contributed by atoms with E-state index in [1.807, 2.05) is 0 Å². The zero-order valence-corrected chi connectivity index (χ0v) is 12.0. The molecule has 4 amide bonds. The van der Waals surface area contributed by atoms with E-state index < -0.39 is 12.1 Å². The lowest BCUT2D eigenvalue weighted by Crippen LogP contribution is -2.27. The minimum absolute atomic E-state index is 0.266. The molecule has 0 spiro atoms. The Morgan fingerprint density at radius 1 is 1.10 bits per heavy atom. The van der Waals surface area contributed by atoms with E-state index in [0.717, 1.165) is 5.56 Å². The summed E-state index contributed by atoms with van der Waals surface area (Å²) >= 11 is 5.82. The third kappa shape index (κ3) is 6.39. The number of hydrazone groups is 2. The number of nitrogens with two attached hydrogens (primary N) is 2. The Morgan fingerprint density at radius 2 is 1.62 bits per heavy atom. The fourth-order valence-electron chi connectivity index (χ4n) is 1.40. The molecule has 0 heterocycles. The van der Waals surface area contributed by atoms with E-state index >= 15 is 0 Å². The summed E-state index contributed by atoms with van der Waals surface area (Å²) in [4.78, 5) is 21.4. The number of carbonyl (C=O) groups excluding carboxylic acids is 2. The highest BCUT2D eigenvalue weighted by Gasteiger charge is 2.07. The number of halogens is 1. The second kappa shape index (κ2) is 7.85. The summed E-state index contributed by atoms with van der Waals surface area (Å²) in [6.07, 6.45) is 0.266. The summed E-state index contributed by atoms with van der Waals surface area (Å²) in [5.74, 6) is 0. The maximum absolute atomic E-state index is 10.8. The highest BCUT2D eigenvalue weighted by atomic mass is 35.5. The van der Waals surface area contributed by atoms with Crippen molar-refractivity contribution < 1.29 is 9.59 Å². The smallest absolute Gasteiger partial charge is 0.332 e. The fraction of sp³-hybridized carbons (Fsp3) is 0.167. The number of benzene rings is 1. The molecule has 0 atom stereocenters. The first-order chi connectivity index (χ1) is 9.88. The lowest BCUT2D eigenvalue weighted by Gasteiger charge is -2.07. The number of carbonyl (C=O) groups is 2. The summed E-state index contributed by atoms with van der Waals surface area (Å²) in [6, 6.07) is 5.29. The lowest BCUT2D eigenvalue weighted by atomic mass is 10.1. The summed E-state index contributed by atoms with van der Waals surface area (Å²) in [5, 5.41) is 8.26. The van der Waals surface area contributed by atoms with E-state index in [9.17, 15) is 9.59 Å². The number of hydrogen-bond donors (Lipinski definition) is 4. The molecule has 9 heteroatoms. The average molecular weight is 311 g/mol. The van der Waals surface area contributed by atoms with Crippen LogP contribution in [0.1, 0.15) is 18.9 Å². The molecule has 0 aliphatic rings. The second-order valence-corrected chi connectivity index (χ2v) is 4.48. The standard InChI is InChI=1S/C12H15ClN6O2/c1-7(16-18-11(14)20)6-10(17-19-12(15)21)8-2-4-9(13)5-3-8/h2-5H,6H2,1H3,(H3,14,18,20)(H3,15,19,21)/b16-7+,17-10-. The molecule has 0 saturated heterocycles. The van der Waals surface area contributed by atoms with E-state index in [1.165, 1.54) is 0 Å². The van der Waals surface area contributed by atoms with Crippen molar-refractivity contribution in [1.82, 2.24) is 10.9 Å². The first-order valence-electron chi connectivity index (χ1n) is 5.85. The number of amides is 4. The van der Waals surface area contributed by atoms with Gasteiger partial charge in [-0.1, -0.05) is 23.7 Å². The molecule has 0 unspecified atom stereocenters. The van der Waals surface area contributed by atoms with Gasteiger partial charge in [0.05, 0.1) is 5.71 Å². The highest BCUT2D eigenvalue weighted by Crippen LogP contribution is 2.12. The minimum Gasteiger partial charge on any atom is -0.350 e. The minimum atomic E-state index is -0.786. The van der Waals surface area contributed by atoms with Gasteiger partial charge < -0.3 is 11.5 Å². The number of nitrogens with one attached hydrogen (secondary N) is 2. The van der Waals surface area contributed by atoms with Gasteiger partial charge in [-0.3, -0.25) is 0 Å². The Kier molecular flexibility index (Phi) is 6.15. The van der Waals surface area contributed by atoms with E-state index in [2.05, 4.69) is 21.1 Å². The molecule has 21 heavy (non-hydrogen) atoms. The number of nitrogens with zero attached hydrogens (tertiary/aromatic N) is 2. The van der Waals surface area contributed by atoms with Crippen molar-refractivity contribution in [2.24, 2.45) is 21.7 Å². The number of rotatable bonds is 5. The van der Waals surface area contributed by atoms with Crippen molar-refractivity contribution in [3.63, 3.8) is 0 Å². The largest absolute Gasteiger partial charge is 0.350 e. The van der Waals surface area contributed by atoms with Gasteiger partial charge in [0.2, 0.25) is 0 Å². The molecule has 0 fully saturated rings. The molecule has 0 aromatic heterocycles. The van der Waals surface area contributed by atoms with Crippen LogP contribution in [0.5, 0.6) is 0 Å². The third-order valence-electron chi connectivity index (χ3n) is 2.26. The Labute approximate surface area is 126 Å². The van der Waals surface area contributed by atoms with Gasteiger partial charge in [-0.2, -0.15) is 10.2 Å². The van der Waals surface area contributed by atoms with Gasteiger partial charge in [0.15, 0.2) is 0 Å². The van der Waals surface area contributed by atoms with Crippen LogP contribution in [0.25, 0.3) is 0 Å². The van der Waals surface area contributed by atoms with Crippen LogP contribution in [0, 0.1) is 0 Å². The average Bonchev–Trinajstić information content (AvgIpc) is 2.42. The number of primary amides is 2. The van der Waals surface area contributed by atoms with Gasteiger partial charge in [0.25, 0.3) is 0 Å². The van der Waals surface area contributed by atoms with Crippen molar-refractivity contribution in [2.75, 3.05) is 0 Å².